The zero-order valence-electron chi connectivity index (χ0n) is 5.13. The lowest BCUT2D eigenvalue weighted by Crippen LogP contribution is -2.27. The maximum atomic E-state index is 10.3. The first kappa shape index (κ1) is 6.94. The van der Waals surface area contributed by atoms with Gasteiger partial charge in [-0.3, -0.25) is 5.32 Å². The number of nitrogens with zero attached hydrogens (tertiary/aromatic N) is 1. The van der Waals surface area contributed by atoms with Crippen LogP contribution in [0.1, 0.15) is 0 Å². The maximum Gasteiger partial charge on any atom is 0.317 e. The lowest BCUT2D eigenvalue weighted by Gasteiger charge is -1.91. The van der Waals surface area contributed by atoms with Crippen molar-refractivity contribution in [3.05, 3.63) is 11.2 Å². The van der Waals surface area contributed by atoms with Crippen LogP contribution in [0.2, 0.25) is 0 Å². The van der Waals surface area contributed by atoms with E-state index in [2.05, 4.69) is 17.5 Å². The third-order valence-electron chi connectivity index (χ3n) is 0.795. The van der Waals surface area contributed by atoms with Gasteiger partial charge in [0.25, 0.3) is 0 Å². The van der Waals surface area contributed by atoms with Crippen LogP contribution < -0.4 is 16.5 Å². The number of hydrogen-bond acceptors (Lipinski definition) is 3. The number of hydrazine groups is 1. The standard InChI is InChI=1S/C4H6N4OS/c1-8-6-2-3(10-8)7-4(5)9/h2,6H,1H2,(H2-,5,7,9)/p+1. The lowest BCUT2D eigenvalue weighted by atomic mass is 10.8. The van der Waals surface area contributed by atoms with Gasteiger partial charge >= 0.3 is 6.03 Å². The van der Waals surface area contributed by atoms with Gasteiger partial charge in [-0.25, -0.2) is 4.79 Å². The minimum atomic E-state index is -0.573. The Morgan fingerprint density at radius 2 is 2.70 bits per heavy atom. The Bertz CT molecular complexity index is 211. The van der Waals surface area contributed by atoms with E-state index in [1.54, 1.807) is 6.20 Å². The lowest BCUT2D eigenvalue weighted by molar-refractivity contribution is -0.391. The van der Waals surface area contributed by atoms with Crippen molar-refractivity contribution in [3.8, 4) is 0 Å². The van der Waals surface area contributed by atoms with Gasteiger partial charge in [0, 0.05) is 0 Å². The summed E-state index contributed by atoms with van der Waals surface area (Å²) < 4.78 is 1.49. The van der Waals surface area contributed by atoms with Crippen molar-refractivity contribution in [1.29, 1.82) is 0 Å². The second kappa shape index (κ2) is 2.61. The summed E-state index contributed by atoms with van der Waals surface area (Å²) in [5.41, 5.74) is 7.57. The van der Waals surface area contributed by atoms with Gasteiger partial charge in [-0.2, -0.15) is 5.43 Å². The molecule has 0 fully saturated rings. The van der Waals surface area contributed by atoms with Crippen LogP contribution in [0.5, 0.6) is 0 Å². The number of amides is 2. The predicted molar refractivity (Wildman–Crippen MR) is 38.9 cm³/mol. The summed E-state index contributed by atoms with van der Waals surface area (Å²) in [5.74, 6) is 0. The summed E-state index contributed by atoms with van der Waals surface area (Å²) in [6.07, 6.45) is 1.60. The van der Waals surface area contributed by atoms with Gasteiger partial charge in [-0.1, -0.05) is 0 Å². The molecule has 1 rings (SSSR count). The molecule has 0 aromatic rings. The van der Waals surface area contributed by atoms with Crippen LogP contribution in [0.25, 0.3) is 0 Å². The van der Waals surface area contributed by atoms with E-state index in [9.17, 15) is 4.79 Å². The monoisotopic (exact) mass is 159 g/mol. The number of rotatable bonds is 1. The van der Waals surface area contributed by atoms with Crippen LogP contribution in [0.4, 0.5) is 4.79 Å². The van der Waals surface area contributed by atoms with E-state index in [1.165, 1.54) is 16.0 Å². The van der Waals surface area contributed by atoms with Crippen LogP contribution in [-0.4, -0.2) is 16.8 Å². The first-order chi connectivity index (χ1) is 4.68. The number of nitrogens with two attached hydrogens (primary N) is 1. The van der Waals surface area contributed by atoms with Crippen molar-refractivity contribution in [2.45, 2.75) is 0 Å². The Hall–Kier alpha value is -1.17. The van der Waals surface area contributed by atoms with Gasteiger partial charge in [0.1, 0.15) is 0 Å². The van der Waals surface area contributed by atoms with Gasteiger partial charge < -0.3 is 5.73 Å². The molecule has 0 aromatic heterocycles. The largest absolute Gasteiger partial charge is 0.351 e. The second-order valence-corrected chi connectivity index (χ2v) is 2.66. The molecule has 0 unspecified atom stereocenters. The fourth-order valence-corrected chi connectivity index (χ4v) is 1.08. The smallest absolute Gasteiger partial charge is 0.317 e. The van der Waals surface area contributed by atoms with Crippen LogP contribution >= 0.6 is 11.9 Å². The van der Waals surface area contributed by atoms with E-state index in [0.29, 0.717) is 5.03 Å². The van der Waals surface area contributed by atoms with Crippen molar-refractivity contribution < 1.29 is 8.88 Å². The molecule has 0 radical (unpaired) electrons. The Morgan fingerprint density at radius 1 is 2.00 bits per heavy atom. The van der Waals surface area contributed by atoms with Gasteiger partial charge in [0.05, 0.1) is 6.20 Å². The summed E-state index contributed by atoms with van der Waals surface area (Å²) in [4.78, 5) is 10.3. The molecule has 2 amide bonds. The van der Waals surface area contributed by atoms with Crippen LogP contribution in [0.15, 0.2) is 11.2 Å². The first-order valence-corrected chi connectivity index (χ1v) is 3.27. The summed E-state index contributed by atoms with van der Waals surface area (Å²) >= 11 is 1.25. The van der Waals surface area contributed by atoms with Crippen molar-refractivity contribution in [2.24, 2.45) is 5.73 Å². The maximum absolute atomic E-state index is 10.3. The van der Waals surface area contributed by atoms with Crippen LogP contribution in [0, 0.1) is 0 Å². The first-order valence-electron chi connectivity index (χ1n) is 2.50. The molecule has 1 heterocycles. The number of carbonyl (C=O) groups is 1. The highest BCUT2D eigenvalue weighted by Gasteiger charge is 2.17. The van der Waals surface area contributed by atoms with E-state index < -0.39 is 6.03 Å². The third kappa shape index (κ3) is 1.66. The van der Waals surface area contributed by atoms with Crippen molar-refractivity contribution in [3.63, 3.8) is 0 Å². The Labute approximate surface area is 62.1 Å². The Balaban J connectivity index is 2.44. The normalized spacial score (nSPS) is 16.0. The van der Waals surface area contributed by atoms with E-state index in [1.807, 2.05) is 0 Å². The van der Waals surface area contributed by atoms with Gasteiger partial charge in [0.15, 0.2) is 11.7 Å². The van der Waals surface area contributed by atoms with E-state index in [0.717, 1.165) is 0 Å². The highest BCUT2D eigenvalue weighted by molar-refractivity contribution is 7.97. The topological polar surface area (TPSA) is 70.2 Å². The predicted octanol–water partition coefficient (Wildman–Crippen LogP) is -0.667. The van der Waals surface area contributed by atoms with Crippen molar-refractivity contribution >= 4 is 24.7 Å². The fraction of sp³-hybridized carbons (Fsp3) is 0. The molecule has 4 N–H and O–H groups in total. The Kier molecular flexibility index (Phi) is 1.81. The minimum Gasteiger partial charge on any atom is -0.351 e. The number of carbonyl (C=O) groups excluding carboxylic acids is 1. The molecule has 10 heavy (non-hydrogen) atoms. The molecular formula is C4H7N4OS+. The van der Waals surface area contributed by atoms with E-state index in [-0.39, 0.29) is 0 Å². The average molecular weight is 159 g/mol. The van der Waals surface area contributed by atoms with Gasteiger partial charge in [-0.15, -0.1) is 0 Å². The quantitative estimate of drug-likeness (QED) is 0.351. The van der Waals surface area contributed by atoms with Crippen LogP contribution in [-0.2, 0) is 0 Å². The summed E-state index contributed by atoms with van der Waals surface area (Å²) in [6, 6.07) is -0.573. The van der Waals surface area contributed by atoms with E-state index in [4.69, 9.17) is 5.73 Å². The highest BCUT2D eigenvalue weighted by Crippen LogP contribution is 2.14. The molecule has 0 saturated carbocycles. The van der Waals surface area contributed by atoms with Gasteiger partial charge in [0.2, 0.25) is 11.9 Å². The summed E-state index contributed by atoms with van der Waals surface area (Å²) in [7, 11) is 0. The minimum absolute atomic E-state index is 0.573. The molecule has 0 saturated heterocycles. The third-order valence-corrected chi connectivity index (χ3v) is 1.54. The summed E-state index contributed by atoms with van der Waals surface area (Å²) in [6.45, 7) is 3.54. The zero-order valence-corrected chi connectivity index (χ0v) is 5.94. The molecule has 0 aromatic carbocycles. The van der Waals surface area contributed by atoms with Gasteiger partial charge in [-0.05, 0) is 4.09 Å². The molecule has 5 nitrogen and oxygen atoms in total. The molecule has 6 heteroatoms. The molecule has 0 atom stereocenters. The van der Waals surface area contributed by atoms with Crippen molar-refractivity contribution in [1.82, 2.24) is 10.7 Å². The Morgan fingerprint density at radius 3 is 3.10 bits per heavy atom. The number of urea groups is 1. The average Bonchev–Trinajstić information content (AvgIpc) is 2.13. The number of hydrogen-bond donors (Lipinski definition) is 3. The SMILES string of the molecule is C=[N+]1NC=C(NC(N)=O)S1. The number of nitrogens with one attached hydrogen (secondary N) is 2. The van der Waals surface area contributed by atoms with E-state index >= 15 is 0 Å². The number of primary amides is 1. The summed E-state index contributed by atoms with van der Waals surface area (Å²) in [5, 5.41) is 3.03. The fourth-order valence-electron chi connectivity index (χ4n) is 0.482. The molecule has 1 aliphatic heterocycles. The molecule has 1 aliphatic rings. The molecule has 0 aliphatic carbocycles. The zero-order chi connectivity index (χ0) is 7.56. The second-order valence-electron chi connectivity index (χ2n) is 1.60. The van der Waals surface area contributed by atoms with Crippen LogP contribution in [0.3, 0.4) is 0 Å². The molecule has 0 bridgehead atoms. The van der Waals surface area contributed by atoms with Crippen molar-refractivity contribution in [2.75, 3.05) is 0 Å². The number of hydrazone groups is 1. The molecular weight excluding hydrogens is 152 g/mol. The molecule has 0 spiro atoms. The molecule has 54 valence electrons. The highest BCUT2D eigenvalue weighted by atomic mass is 32.2.